The number of carbonyl (C=O) groups excluding carboxylic acids is 2. The predicted molar refractivity (Wildman–Crippen MR) is 124 cm³/mol. The average molecular weight is 523 g/mol. The number of nitrogens with one attached hydrogen (secondary N) is 2. The molecule has 0 atom stereocenters. The first-order chi connectivity index (χ1) is 13.9. The Morgan fingerprint density at radius 1 is 0.875 bits per heavy atom. The fraction of sp³-hybridized carbons (Fsp3) is 0.286. The Morgan fingerprint density at radius 3 is 1.78 bits per heavy atom. The Morgan fingerprint density at radius 2 is 1.34 bits per heavy atom. The van der Waals surface area contributed by atoms with Crippen LogP contribution in [0.25, 0.3) is 0 Å². The molecular weight excluding hydrogens is 495 g/mol. The van der Waals surface area contributed by atoms with Gasteiger partial charge in [0.15, 0.2) is 0 Å². The summed E-state index contributed by atoms with van der Waals surface area (Å²) in [6.07, 6.45) is 0. The van der Waals surface area contributed by atoms with E-state index in [1.54, 1.807) is 14.0 Å². The molecule has 2 aromatic rings. The third kappa shape index (κ3) is 9.95. The van der Waals surface area contributed by atoms with Gasteiger partial charge in [-0.15, -0.1) is 0 Å². The van der Waals surface area contributed by atoms with Gasteiger partial charge >= 0.3 is 0 Å². The summed E-state index contributed by atoms with van der Waals surface area (Å²) in [6, 6.07) is 8.41. The van der Waals surface area contributed by atoms with Gasteiger partial charge in [0.05, 0.1) is 30.5 Å². The third-order valence-electron chi connectivity index (χ3n) is 3.74. The van der Waals surface area contributed by atoms with Gasteiger partial charge in [-0.1, -0.05) is 6.07 Å². The number of aryl methyl sites for hydroxylation is 2. The van der Waals surface area contributed by atoms with Crippen LogP contribution < -0.4 is 20.1 Å². The number of anilines is 2. The van der Waals surface area contributed by atoms with E-state index in [0.717, 1.165) is 5.56 Å². The number of rotatable bonds is 5. The summed E-state index contributed by atoms with van der Waals surface area (Å²) < 4.78 is 32.8. The van der Waals surface area contributed by atoms with Crippen LogP contribution >= 0.6 is 10.7 Å². The van der Waals surface area contributed by atoms with E-state index in [9.17, 15) is 18.0 Å². The first-order valence-corrected chi connectivity index (χ1v) is 11.0. The molecule has 0 aliphatic rings. The minimum atomic E-state index is -3.85. The van der Waals surface area contributed by atoms with Crippen molar-refractivity contribution < 1.29 is 46.0 Å². The van der Waals surface area contributed by atoms with Crippen LogP contribution in [0.1, 0.15) is 25.0 Å². The molecule has 11 heteroatoms. The zero-order valence-electron chi connectivity index (χ0n) is 19.1. The molecule has 0 fully saturated rings. The van der Waals surface area contributed by atoms with Crippen molar-refractivity contribution in [2.75, 3.05) is 24.9 Å². The maximum Gasteiger partial charge on any atom is 0.261 e. The molecule has 0 aliphatic carbocycles. The van der Waals surface area contributed by atoms with Crippen LogP contribution in [-0.4, -0.2) is 34.5 Å². The number of amides is 2. The molecule has 2 amide bonds. The van der Waals surface area contributed by atoms with Crippen LogP contribution in [-0.2, 0) is 37.2 Å². The Hall–Kier alpha value is -2.20. The summed E-state index contributed by atoms with van der Waals surface area (Å²) in [6.45, 7) is 6.35. The fourth-order valence-corrected chi connectivity index (χ4v) is 3.67. The second-order valence-electron chi connectivity index (χ2n) is 6.32. The van der Waals surface area contributed by atoms with Crippen LogP contribution in [0.15, 0.2) is 35.2 Å². The van der Waals surface area contributed by atoms with Crippen molar-refractivity contribution in [3.8, 4) is 11.5 Å². The largest absolute Gasteiger partial charge is 0.495 e. The second-order valence-corrected chi connectivity index (χ2v) is 8.86. The summed E-state index contributed by atoms with van der Waals surface area (Å²) >= 11 is 0. The molecule has 0 bridgehead atoms. The van der Waals surface area contributed by atoms with E-state index in [2.05, 4.69) is 10.6 Å². The van der Waals surface area contributed by atoms with Crippen molar-refractivity contribution >= 4 is 42.9 Å². The summed E-state index contributed by atoms with van der Waals surface area (Å²) in [5.74, 6) is 0.643. The zero-order chi connectivity index (χ0) is 23.1. The van der Waals surface area contributed by atoms with E-state index in [0.29, 0.717) is 22.7 Å². The molecule has 0 unspecified atom stereocenters. The van der Waals surface area contributed by atoms with Gasteiger partial charge in [-0.05, 0) is 49.2 Å². The predicted octanol–water partition coefficient (Wildman–Crippen LogP) is 4.30. The fourth-order valence-electron chi connectivity index (χ4n) is 2.47. The van der Waals surface area contributed by atoms with Crippen molar-refractivity contribution in [2.24, 2.45) is 0 Å². The third-order valence-corrected chi connectivity index (χ3v) is 5.20. The second kappa shape index (κ2) is 14.1. The van der Waals surface area contributed by atoms with E-state index < -0.39 is 9.05 Å². The molecule has 32 heavy (non-hydrogen) atoms. The number of hydrogen-bond donors (Lipinski definition) is 2. The normalized spacial score (nSPS) is 9.72. The van der Waals surface area contributed by atoms with Gasteiger partial charge in [-0.3, -0.25) is 9.59 Å². The van der Waals surface area contributed by atoms with Crippen LogP contribution in [0.5, 0.6) is 11.5 Å². The van der Waals surface area contributed by atoms with Gasteiger partial charge in [-0.25, -0.2) is 8.42 Å². The van der Waals surface area contributed by atoms with Gasteiger partial charge in [0.25, 0.3) is 9.05 Å². The molecule has 0 aromatic heterocycles. The monoisotopic (exact) mass is 522 g/mol. The Kier molecular flexibility index (Phi) is 14.0. The van der Waals surface area contributed by atoms with E-state index in [-0.39, 0.29) is 48.4 Å². The molecule has 0 heterocycles. The van der Waals surface area contributed by atoms with Crippen molar-refractivity contribution in [1.29, 1.82) is 0 Å². The Bertz CT molecular complexity index is 1040. The summed E-state index contributed by atoms with van der Waals surface area (Å²) in [4.78, 5) is 21.7. The zero-order valence-corrected chi connectivity index (χ0v) is 22.0. The van der Waals surface area contributed by atoms with Crippen molar-refractivity contribution in [2.45, 2.75) is 32.6 Å². The molecule has 2 aromatic carbocycles. The molecular formula is C21H28ClN2O6SV-. The van der Waals surface area contributed by atoms with Crippen LogP contribution in [0.2, 0.25) is 0 Å². The van der Waals surface area contributed by atoms with E-state index >= 15 is 0 Å². The number of benzene rings is 2. The maximum absolute atomic E-state index is 11.3. The van der Waals surface area contributed by atoms with Crippen LogP contribution in [0.4, 0.5) is 11.4 Å². The van der Waals surface area contributed by atoms with Gasteiger partial charge < -0.3 is 27.5 Å². The molecule has 177 valence electrons. The molecule has 2 N–H and O–H groups in total. The van der Waals surface area contributed by atoms with E-state index in [1.165, 1.54) is 33.1 Å². The standard InChI is InChI=1S/C10H12ClNO4S.C10H13NO2.CH3.V/c1-6-4-9(16-3)8(12-7(2)13)5-10(6)17(11,14)15;1-7-4-5-9(11-8(2)12)10(6-7)13-3;;/h4-5H,1-3H3,(H,12,13);4-6H,1-3H3,(H,11,12);1H3;/q;;-1;. The Balaban J connectivity index is 0. The van der Waals surface area contributed by atoms with E-state index in [1.807, 2.05) is 25.1 Å². The SMILES string of the molecule is COc1cc(C)c(S(=O)(=O)Cl)cc1NC(C)=O.COc1cc(C)ccc1NC(C)=O.[CH3-].[V]. The van der Waals surface area contributed by atoms with Gasteiger partial charge in [0.1, 0.15) is 11.5 Å². The van der Waals surface area contributed by atoms with E-state index in [4.69, 9.17) is 20.2 Å². The molecule has 0 spiro atoms. The molecule has 0 saturated heterocycles. The number of hydrogen-bond acceptors (Lipinski definition) is 6. The number of ether oxygens (including phenoxy) is 2. The summed E-state index contributed by atoms with van der Waals surface area (Å²) in [5.41, 5.74) is 2.53. The van der Waals surface area contributed by atoms with Crippen LogP contribution in [0.3, 0.4) is 0 Å². The topological polar surface area (TPSA) is 111 Å². The van der Waals surface area contributed by atoms with Gasteiger partial charge in [-0.2, -0.15) is 0 Å². The summed E-state index contributed by atoms with van der Waals surface area (Å²) in [5, 5.41) is 5.16. The number of halogens is 1. The van der Waals surface area contributed by atoms with Crippen molar-refractivity contribution in [3.63, 3.8) is 0 Å². The summed E-state index contributed by atoms with van der Waals surface area (Å²) in [7, 11) is 4.44. The number of carbonyl (C=O) groups is 2. The molecule has 0 saturated carbocycles. The molecule has 0 aliphatic heterocycles. The van der Waals surface area contributed by atoms with Crippen molar-refractivity contribution in [3.05, 3.63) is 48.9 Å². The molecule has 1 radical (unpaired) electrons. The first-order valence-electron chi connectivity index (χ1n) is 8.72. The minimum absolute atomic E-state index is 0. The van der Waals surface area contributed by atoms with Crippen LogP contribution in [0, 0.1) is 21.3 Å². The maximum atomic E-state index is 11.3. The Labute approximate surface area is 206 Å². The average Bonchev–Trinajstić information content (AvgIpc) is 2.63. The van der Waals surface area contributed by atoms with Gasteiger partial charge in [0, 0.05) is 43.1 Å². The molecule has 2 rings (SSSR count). The quantitative estimate of drug-likeness (QED) is 0.447. The number of methoxy groups -OCH3 is 2. The smallest absolute Gasteiger partial charge is 0.261 e. The first kappa shape index (κ1) is 32.0. The molecule has 8 nitrogen and oxygen atoms in total. The minimum Gasteiger partial charge on any atom is -0.495 e. The van der Waals surface area contributed by atoms with Gasteiger partial charge in [0.2, 0.25) is 11.8 Å². The van der Waals surface area contributed by atoms with Crippen molar-refractivity contribution in [1.82, 2.24) is 0 Å².